The van der Waals surface area contributed by atoms with Crippen LogP contribution in [0.3, 0.4) is 0 Å². The second-order valence-electron chi connectivity index (χ2n) is 4.85. The second-order valence-corrected chi connectivity index (χ2v) is 5.64. The fourth-order valence-electron chi connectivity index (χ4n) is 1.75. The first kappa shape index (κ1) is 17.6. The van der Waals surface area contributed by atoms with Gasteiger partial charge in [-0.05, 0) is 24.5 Å². The Bertz CT molecular complexity index is 549. The third-order valence-corrected chi connectivity index (χ3v) is 4.09. The average Bonchev–Trinajstić information content (AvgIpc) is 2.44. The van der Waals surface area contributed by atoms with Crippen molar-refractivity contribution in [3.63, 3.8) is 0 Å². The maximum atomic E-state index is 12.0. The van der Waals surface area contributed by atoms with Crippen molar-refractivity contribution in [3.8, 4) is 0 Å². The summed E-state index contributed by atoms with van der Waals surface area (Å²) in [5, 5.41) is 14.7. The van der Waals surface area contributed by atoms with Crippen LogP contribution in [-0.4, -0.2) is 23.1 Å². The first-order chi connectivity index (χ1) is 9.77. The highest BCUT2D eigenvalue weighted by Gasteiger charge is 2.25. The van der Waals surface area contributed by atoms with Crippen LogP contribution in [0.1, 0.15) is 25.8 Å². The number of carbonyl (C=O) groups is 2. The van der Waals surface area contributed by atoms with Gasteiger partial charge in [0.15, 0.2) is 0 Å². The summed E-state index contributed by atoms with van der Waals surface area (Å²) < 4.78 is 0. The van der Waals surface area contributed by atoms with Crippen LogP contribution >= 0.6 is 23.2 Å². The number of aryl methyl sites for hydroxylation is 1. The van der Waals surface area contributed by atoms with Crippen LogP contribution in [0.5, 0.6) is 0 Å². The van der Waals surface area contributed by atoms with Crippen molar-refractivity contribution in [2.45, 2.75) is 33.2 Å². The Morgan fingerprint density at radius 3 is 2.48 bits per heavy atom. The average molecular weight is 333 g/mol. The minimum Gasteiger partial charge on any atom is -0.480 e. The molecule has 1 aromatic carbocycles. The first-order valence-electron chi connectivity index (χ1n) is 6.52. The maximum Gasteiger partial charge on any atom is 0.326 e. The summed E-state index contributed by atoms with van der Waals surface area (Å²) in [4.78, 5) is 23.1. The van der Waals surface area contributed by atoms with Gasteiger partial charge in [0, 0.05) is 0 Å². The molecule has 3 N–H and O–H groups in total. The van der Waals surface area contributed by atoms with E-state index in [4.69, 9.17) is 28.3 Å². The molecule has 21 heavy (non-hydrogen) atoms. The van der Waals surface area contributed by atoms with Crippen molar-refractivity contribution < 1.29 is 14.7 Å². The quantitative estimate of drug-likeness (QED) is 0.764. The Morgan fingerprint density at radius 2 is 1.95 bits per heavy atom. The molecule has 0 radical (unpaired) electrons. The number of nitrogens with one attached hydrogen (secondary N) is 2. The topological polar surface area (TPSA) is 78.4 Å². The molecule has 0 aliphatic heterocycles. The van der Waals surface area contributed by atoms with Crippen LogP contribution in [0.25, 0.3) is 0 Å². The molecule has 0 bridgehead atoms. The van der Waals surface area contributed by atoms with Crippen molar-refractivity contribution in [3.05, 3.63) is 27.7 Å². The Kier molecular flexibility index (Phi) is 6.30. The van der Waals surface area contributed by atoms with Gasteiger partial charge in [0.05, 0.1) is 15.7 Å². The summed E-state index contributed by atoms with van der Waals surface area (Å²) in [5.41, 5.74) is 1.03. The van der Waals surface area contributed by atoms with E-state index in [1.54, 1.807) is 26.0 Å². The molecule has 2 atom stereocenters. The molecule has 0 fully saturated rings. The van der Waals surface area contributed by atoms with E-state index in [0.29, 0.717) is 11.4 Å². The smallest absolute Gasteiger partial charge is 0.326 e. The molecule has 0 heterocycles. The van der Waals surface area contributed by atoms with Crippen LogP contribution in [0.15, 0.2) is 12.1 Å². The van der Waals surface area contributed by atoms with E-state index in [-0.39, 0.29) is 16.6 Å². The molecule has 7 heteroatoms. The second kappa shape index (κ2) is 7.52. The van der Waals surface area contributed by atoms with Crippen LogP contribution in [-0.2, 0) is 4.79 Å². The molecule has 0 saturated carbocycles. The van der Waals surface area contributed by atoms with Crippen LogP contribution in [0.4, 0.5) is 10.5 Å². The van der Waals surface area contributed by atoms with Crippen molar-refractivity contribution in [1.82, 2.24) is 5.32 Å². The van der Waals surface area contributed by atoms with Gasteiger partial charge in [-0.15, -0.1) is 0 Å². The Balaban J connectivity index is 2.87. The van der Waals surface area contributed by atoms with Gasteiger partial charge in [0.25, 0.3) is 0 Å². The third-order valence-electron chi connectivity index (χ3n) is 3.29. The minimum atomic E-state index is -1.08. The fraction of sp³-hybridized carbons (Fsp3) is 0.429. The number of anilines is 1. The van der Waals surface area contributed by atoms with Gasteiger partial charge in [-0.2, -0.15) is 0 Å². The summed E-state index contributed by atoms with van der Waals surface area (Å²) in [6, 6.07) is 1.71. The lowest BCUT2D eigenvalue weighted by Gasteiger charge is -2.21. The number of hydrogen-bond acceptors (Lipinski definition) is 2. The number of halogens is 2. The number of carboxylic acids is 1. The van der Waals surface area contributed by atoms with Gasteiger partial charge in [0.2, 0.25) is 0 Å². The zero-order valence-electron chi connectivity index (χ0n) is 12.0. The van der Waals surface area contributed by atoms with E-state index in [1.807, 2.05) is 6.92 Å². The highest BCUT2D eigenvalue weighted by Crippen LogP contribution is 2.32. The summed E-state index contributed by atoms with van der Waals surface area (Å²) in [5.74, 6) is -1.28. The van der Waals surface area contributed by atoms with E-state index >= 15 is 0 Å². The first-order valence-corrected chi connectivity index (χ1v) is 7.28. The zero-order chi connectivity index (χ0) is 16.2. The molecule has 2 amide bonds. The molecule has 116 valence electrons. The summed E-state index contributed by atoms with van der Waals surface area (Å²) in [6.45, 7) is 5.39. The number of hydrogen-bond donors (Lipinski definition) is 3. The van der Waals surface area contributed by atoms with Crippen LogP contribution in [0.2, 0.25) is 10.0 Å². The number of amides is 2. The number of aliphatic carboxylic acids is 1. The summed E-state index contributed by atoms with van der Waals surface area (Å²) in [6.07, 6.45) is 0.628. The molecule has 0 aromatic heterocycles. The molecule has 0 unspecified atom stereocenters. The van der Waals surface area contributed by atoms with Gasteiger partial charge in [-0.25, -0.2) is 9.59 Å². The highest BCUT2D eigenvalue weighted by atomic mass is 35.5. The Labute approximate surface area is 133 Å². The predicted octanol–water partition coefficient (Wildman–Crippen LogP) is 3.92. The van der Waals surface area contributed by atoms with Crippen molar-refractivity contribution >= 4 is 40.9 Å². The monoisotopic (exact) mass is 332 g/mol. The molecular formula is C14H18Cl2N2O3. The van der Waals surface area contributed by atoms with Gasteiger partial charge in [-0.1, -0.05) is 49.5 Å². The van der Waals surface area contributed by atoms with Crippen molar-refractivity contribution in [1.29, 1.82) is 0 Å². The normalized spacial score (nSPS) is 13.4. The molecule has 5 nitrogen and oxygen atoms in total. The van der Waals surface area contributed by atoms with Gasteiger partial charge in [-0.3, -0.25) is 0 Å². The fourth-order valence-corrected chi connectivity index (χ4v) is 2.21. The lowest BCUT2D eigenvalue weighted by atomic mass is 9.99. The highest BCUT2D eigenvalue weighted by molar-refractivity contribution is 6.40. The molecule has 0 saturated heterocycles. The Hall–Kier alpha value is -1.46. The largest absolute Gasteiger partial charge is 0.480 e. The zero-order valence-corrected chi connectivity index (χ0v) is 13.5. The number of carbonyl (C=O) groups excluding carboxylic acids is 1. The molecule has 1 rings (SSSR count). The predicted molar refractivity (Wildman–Crippen MR) is 84.2 cm³/mol. The maximum absolute atomic E-state index is 12.0. The molecule has 0 spiro atoms. The molecule has 0 aliphatic carbocycles. The van der Waals surface area contributed by atoms with E-state index in [9.17, 15) is 9.59 Å². The van der Waals surface area contributed by atoms with Crippen LogP contribution < -0.4 is 10.6 Å². The van der Waals surface area contributed by atoms with Gasteiger partial charge in [0.1, 0.15) is 6.04 Å². The number of urea groups is 1. The van der Waals surface area contributed by atoms with E-state index < -0.39 is 18.0 Å². The minimum absolute atomic E-state index is 0.197. The summed E-state index contributed by atoms with van der Waals surface area (Å²) >= 11 is 12.1. The SMILES string of the molecule is CC[C@H](C)[C@H](NC(=O)Nc1c(Cl)ccc(C)c1Cl)C(=O)O. The molecular weight excluding hydrogens is 315 g/mol. The molecule has 1 aromatic rings. The summed E-state index contributed by atoms with van der Waals surface area (Å²) in [7, 11) is 0. The van der Waals surface area contributed by atoms with E-state index in [0.717, 1.165) is 5.56 Å². The van der Waals surface area contributed by atoms with Crippen molar-refractivity contribution in [2.24, 2.45) is 5.92 Å². The van der Waals surface area contributed by atoms with Gasteiger partial charge >= 0.3 is 12.0 Å². The number of benzene rings is 1. The van der Waals surface area contributed by atoms with E-state index in [2.05, 4.69) is 10.6 Å². The molecule has 0 aliphatic rings. The third kappa shape index (κ3) is 4.51. The number of rotatable bonds is 5. The standard InChI is InChI=1S/C14H18Cl2N2O3/c1-4-7(2)11(13(19)20)17-14(21)18-12-9(15)6-5-8(3)10(12)16/h5-7,11H,4H2,1-3H3,(H,19,20)(H2,17,18,21)/t7-,11-/m0/s1. The lowest BCUT2D eigenvalue weighted by molar-refractivity contribution is -0.140. The van der Waals surface area contributed by atoms with E-state index in [1.165, 1.54) is 0 Å². The van der Waals surface area contributed by atoms with Gasteiger partial charge < -0.3 is 15.7 Å². The number of carboxylic acid groups (broad SMARTS) is 1. The Morgan fingerprint density at radius 1 is 1.33 bits per heavy atom. The van der Waals surface area contributed by atoms with Crippen LogP contribution in [0, 0.1) is 12.8 Å². The lowest BCUT2D eigenvalue weighted by Crippen LogP contribution is -2.46. The van der Waals surface area contributed by atoms with Crippen molar-refractivity contribution in [2.75, 3.05) is 5.32 Å².